The first kappa shape index (κ1) is 24.7. The Hall–Kier alpha value is -2.90. The molecule has 0 unspecified atom stereocenters. The first-order valence-corrected chi connectivity index (χ1v) is 11.6. The zero-order valence-electron chi connectivity index (χ0n) is 20.1. The minimum Gasteiger partial charge on any atom is -0.457 e. The van der Waals surface area contributed by atoms with E-state index >= 15 is 0 Å². The van der Waals surface area contributed by atoms with Crippen LogP contribution in [0.4, 0.5) is 5.69 Å². The summed E-state index contributed by atoms with van der Waals surface area (Å²) in [5.74, 6) is 1.50. The van der Waals surface area contributed by atoms with Crippen LogP contribution in [-0.2, 0) is 9.59 Å². The average molecular weight is 453 g/mol. The van der Waals surface area contributed by atoms with E-state index in [1.54, 1.807) is 0 Å². The highest BCUT2D eigenvalue weighted by molar-refractivity contribution is 5.94. The molecule has 0 spiro atoms. The molecule has 1 heterocycles. The van der Waals surface area contributed by atoms with Gasteiger partial charge in [-0.1, -0.05) is 18.2 Å². The molecule has 178 valence electrons. The Morgan fingerprint density at radius 1 is 0.939 bits per heavy atom. The van der Waals surface area contributed by atoms with Crippen molar-refractivity contribution in [2.24, 2.45) is 0 Å². The Kier molecular flexibility index (Phi) is 8.47. The van der Waals surface area contributed by atoms with Crippen molar-refractivity contribution in [2.45, 2.75) is 45.7 Å². The standard InChI is InChI=1S/C26H36N4O3/c1-20(30-16-8-15-29(17-18-30)19-24(31)28-26(2,3)4)25(32)27-21-11-13-23(14-12-21)33-22-9-6-5-7-10-22/h5-7,9-14,20H,8,15-19H2,1-4H3,(H,27,32)(H,28,31)/t20-/m1/s1. The van der Waals surface area contributed by atoms with Gasteiger partial charge in [-0.05, 0) is 77.1 Å². The molecule has 0 saturated carbocycles. The monoisotopic (exact) mass is 452 g/mol. The topological polar surface area (TPSA) is 73.9 Å². The van der Waals surface area contributed by atoms with E-state index in [4.69, 9.17) is 4.74 Å². The fraction of sp³-hybridized carbons (Fsp3) is 0.462. The second kappa shape index (κ2) is 11.3. The largest absolute Gasteiger partial charge is 0.457 e. The minimum atomic E-state index is -0.256. The van der Waals surface area contributed by atoms with E-state index in [0.29, 0.717) is 6.54 Å². The third kappa shape index (κ3) is 8.18. The predicted octanol–water partition coefficient (Wildman–Crippen LogP) is 3.73. The summed E-state index contributed by atoms with van der Waals surface area (Å²) in [5.41, 5.74) is 0.510. The molecule has 0 aromatic heterocycles. The van der Waals surface area contributed by atoms with Crippen LogP contribution in [0.1, 0.15) is 34.1 Å². The van der Waals surface area contributed by atoms with Crippen molar-refractivity contribution in [1.82, 2.24) is 15.1 Å². The Morgan fingerprint density at radius 3 is 2.27 bits per heavy atom. The summed E-state index contributed by atoms with van der Waals surface area (Å²) in [6, 6.07) is 16.7. The molecule has 2 amide bonds. The van der Waals surface area contributed by atoms with Gasteiger partial charge in [-0.15, -0.1) is 0 Å². The molecule has 0 bridgehead atoms. The lowest BCUT2D eigenvalue weighted by Crippen LogP contribution is -2.47. The van der Waals surface area contributed by atoms with Gasteiger partial charge >= 0.3 is 0 Å². The molecule has 3 rings (SSSR count). The lowest BCUT2D eigenvalue weighted by Gasteiger charge is -2.27. The van der Waals surface area contributed by atoms with Gasteiger partial charge in [0.25, 0.3) is 0 Å². The lowest BCUT2D eigenvalue weighted by atomic mass is 10.1. The number of benzene rings is 2. The van der Waals surface area contributed by atoms with Crippen LogP contribution >= 0.6 is 0 Å². The van der Waals surface area contributed by atoms with Crippen LogP contribution in [0.15, 0.2) is 54.6 Å². The minimum absolute atomic E-state index is 0.0364. The Morgan fingerprint density at radius 2 is 1.61 bits per heavy atom. The van der Waals surface area contributed by atoms with Gasteiger partial charge in [0.15, 0.2) is 0 Å². The molecule has 1 aliphatic heterocycles. The van der Waals surface area contributed by atoms with Crippen molar-refractivity contribution in [2.75, 3.05) is 38.0 Å². The van der Waals surface area contributed by atoms with E-state index in [2.05, 4.69) is 20.4 Å². The highest BCUT2D eigenvalue weighted by Gasteiger charge is 2.25. The Bertz CT molecular complexity index is 909. The van der Waals surface area contributed by atoms with E-state index in [9.17, 15) is 9.59 Å². The zero-order valence-corrected chi connectivity index (χ0v) is 20.1. The maximum absolute atomic E-state index is 12.9. The van der Waals surface area contributed by atoms with Gasteiger partial charge in [-0.25, -0.2) is 0 Å². The van der Waals surface area contributed by atoms with Crippen molar-refractivity contribution in [3.8, 4) is 11.5 Å². The summed E-state index contributed by atoms with van der Waals surface area (Å²) >= 11 is 0. The van der Waals surface area contributed by atoms with Crippen LogP contribution in [0.2, 0.25) is 0 Å². The van der Waals surface area contributed by atoms with Gasteiger partial charge in [0.1, 0.15) is 11.5 Å². The number of nitrogens with one attached hydrogen (secondary N) is 2. The smallest absolute Gasteiger partial charge is 0.241 e. The highest BCUT2D eigenvalue weighted by atomic mass is 16.5. The maximum atomic E-state index is 12.9. The molecule has 0 radical (unpaired) electrons. The SMILES string of the molecule is C[C@H](C(=O)Nc1ccc(Oc2ccccc2)cc1)N1CCCN(CC(=O)NC(C)(C)C)CC1. The predicted molar refractivity (Wildman–Crippen MR) is 132 cm³/mol. The molecule has 1 fully saturated rings. The molecule has 0 aliphatic carbocycles. The van der Waals surface area contributed by atoms with Crippen LogP contribution in [0.5, 0.6) is 11.5 Å². The van der Waals surface area contributed by atoms with Gasteiger partial charge in [0.05, 0.1) is 12.6 Å². The summed E-state index contributed by atoms with van der Waals surface area (Å²) in [7, 11) is 0. The second-order valence-corrected chi connectivity index (χ2v) is 9.57. The van der Waals surface area contributed by atoms with E-state index < -0.39 is 0 Å². The molecule has 2 aromatic rings. The number of nitrogens with zero attached hydrogens (tertiary/aromatic N) is 2. The van der Waals surface area contributed by atoms with E-state index in [0.717, 1.165) is 49.8 Å². The quantitative estimate of drug-likeness (QED) is 0.670. The number of amides is 2. The van der Waals surface area contributed by atoms with Crippen LogP contribution in [0.3, 0.4) is 0 Å². The first-order chi connectivity index (χ1) is 15.7. The number of para-hydroxylation sites is 1. The third-order valence-electron chi connectivity index (χ3n) is 5.53. The molecule has 1 atom stereocenters. The summed E-state index contributed by atoms with van der Waals surface area (Å²) in [6.07, 6.45) is 0.923. The van der Waals surface area contributed by atoms with E-state index in [1.165, 1.54) is 0 Å². The summed E-state index contributed by atoms with van der Waals surface area (Å²) in [6.45, 7) is 11.5. The fourth-order valence-electron chi connectivity index (χ4n) is 3.84. The molecular formula is C26H36N4O3. The first-order valence-electron chi connectivity index (χ1n) is 11.6. The number of rotatable bonds is 7. The van der Waals surface area contributed by atoms with Gasteiger partial charge in [-0.2, -0.15) is 0 Å². The van der Waals surface area contributed by atoms with Gasteiger partial charge in [0.2, 0.25) is 11.8 Å². The highest BCUT2D eigenvalue weighted by Crippen LogP contribution is 2.23. The van der Waals surface area contributed by atoms with Crippen LogP contribution in [-0.4, -0.2) is 65.9 Å². The van der Waals surface area contributed by atoms with Crippen molar-refractivity contribution in [1.29, 1.82) is 0 Å². The molecule has 2 aromatic carbocycles. The molecule has 7 nitrogen and oxygen atoms in total. The number of carbonyl (C=O) groups excluding carboxylic acids is 2. The average Bonchev–Trinajstić information content (AvgIpc) is 2.99. The summed E-state index contributed by atoms with van der Waals surface area (Å²) in [5, 5.41) is 6.02. The number of anilines is 1. The fourth-order valence-corrected chi connectivity index (χ4v) is 3.84. The second-order valence-electron chi connectivity index (χ2n) is 9.57. The van der Waals surface area contributed by atoms with Crippen molar-refractivity contribution < 1.29 is 14.3 Å². The Balaban J connectivity index is 1.48. The van der Waals surface area contributed by atoms with Gasteiger partial charge in [-0.3, -0.25) is 19.4 Å². The third-order valence-corrected chi connectivity index (χ3v) is 5.53. The number of hydrogen-bond donors (Lipinski definition) is 2. The van der Waals surface area contributed by atoms with Crippen LogP contribution in [0, 0.1) is 0 Å². The summed E-state index contributed by atoms with van der Waals surface area (Å²) < 4.78 is 5.80. The molecule has 1 saturated heterocycles. The normalized spacial score (nSPS) is 16.5. The van der Waals surface area contributed by atoms with Crippen molar-refractivity contribution in [3.05, 3.63) is 54.6 Å². The summed E-state index contributed by atoms with van der Waals surface area (Å²) in [4.78, 5) is 29.5. The van der Waals surface area contributed by atoms with Crippen LogP contribution in [0.25, 0.3) is 0 Å². The lowest BCUT2D eigenvalue weighted by molar-refractivity contribution is -0.124. The molecule has 2 N–H and O–H groups in total. The van der Waals surface area contributed by atoms with Crippen LogP contribution < -0.4 is 15.4 Å². The Labute approximate surface area is 197 Å². The van der Waals surface area contributed by atoms with Crippen molar-refractivity contribution >= 4 is 17.5 Å². The number of ether oxygens (including phenoxy) is 1. The molecule has 33 heavy (non-hydrogen) atoms. The number of hydrogen-bond acceptors (Lipinski definition) is 5. The van der Waals surface area contributed by atoms with Crippen molar-refractivity contribution in [3.63, 3.8) is 0 Å². The van der Waals surface area contributed by atoms with E-state index in [-0.39, 0.29) is 23.4 Å². The maximum Gasteiger partial charge on any atom is 0.241 e. The van der Waals surface area contributed by atoms with E-state index in [1.807, 2.05) is 82.3 Å². The number of carbonyl (C=O) groups is 2. The molecule has 7 heteroatoms. The van der Waals surface area contributed by atoms with Gasteiger partial charge < -0.3 is 15.4 Å². The molecular weight excluding hydrogens is 416 g/mol. The zero-order chi connectivity index (χ0) is 23.8. The molecule has 1 aliphatic rings. The van der Waals surface area contributed by atoms with Gasteiger partial charge in [0, 0.05) is 30.9 Å².